The van der Waals surface area contributed by atoms with Crippen LogP contribution >= 0.6 is 0 Å². The van der Waals surface area contributed by atoms with Gasteiger partial charge in [0, 0.05) is 94.9 Å². The van der Waals surface area contributed by atoms with Crippen molar-refractivity contribution in [1.82, 2.24) is 0 Å². The summed E-state index contributed by atoms with van der Waals surface area (Å²) in [6.07, 6.45) is 0. The van der Waals surface area contributed by atoms with E-state index in [4.69, 9.17) is 0 Å². The standard InChI is InChI=1S/Ca.Cu.Mg.Mn. The molecule has 0 atom stereocenters. The number of hydrogen-bond acceptors (Lipinski definition) is 0. The minimum Gasteiger partial charge on any atom is 0 e. The number of hydrogen-bond donors (Lipinski definition) is 0. The molecule has 22 valence electrons. The molecule has 0 heterocycles. The minimum atomic E-state index is 0. The molecule has 0 rings (SSSR count). The Kier molecular flexibility index (Phi) is 115. The normalized spacial score (nSPS) is 0. The SMILES string of the molecule is [Ca].[Cu].[Mg].[Mn]. The molecule has 0 aliphatic heterocycles. The number of rotatable bonds is 0. The predicted molar refractivity (Wildman–Crippen MR) is 11.5 cm³/mol. The van der Waals surface area contributed by atoms with Gasteiger partial charge in [-0.15, -0.1) is 0 Å². The molecule has 4 heavy (non-hydrogen) atoms. The van der Waals surface area contributed by atoms with Crippen LogP contribution in [0.15, 0.2) is 0 Å². The summed E-state index contributed by atoms with van der Waals surface area (Å²) in [4.78, 5) is 0. The van der Waals surface area contributed by atoms with E-state index in [1.165, 1.54) is 0 Å². The Bertz CT molecular complexity index is 8.00. The molecule has 0 aromatic carbocycles. The van der Waals surface area contributed by atoms with Crippen LogP contribution in [0.1, 0.15) is 0 Å². The van der Waals surface area contributed by atoms with Crippen LogP contribution in [0, 0.1) is 0 Å². The first-order valence-electron chi connectivity index (χ1n) is 0. The molecule has 0 aliphatic rings. The van der Waals surface area contributed by atoms with E-state index in [1.807, 2.05) is 0 Å². The quantitative estimate of drug-likeness (QED) is 0.432. The summed E-state index contributed by atoms with van der Waals surface area (Å²) in [7, 11) is 0. The van der Waals surface area contributed by atoms with Gasteiger partial charge in [-0.3, -0.25) is 0 Å². The fourth-order valence-electron chi connectivity index (χ4n) is 0. The maximum Gasteiger partial charge on any atom is 0 e. The average molecular weight is 183 g/mol. The second-order valence-corrected chi connectivity index (χ2v) is 0. The Morgan fingerprint density at radius 1 is 1.00 bits per heavy atom. The van der Waals surface area contributed by atoms with Gasteiger partial charge in [0.1, 0.15) is 0 Å². The Morgan fingerprint density at radius 2 is 1.00 bits per heavy atom. The van der Waals surface area contributed by atoms with E-state index in [0.717, 1.165) is 0 Å². The largest absolute Gasteiger partial charge is 0 e. The van der Waals surface area contributed by atoms with E-state index in [0.29, 0.717) is 0 Å². The zero-order valence-corrected chi connectivity index (χ0v) is 7.84. The predicted octanol–water partition coefficient (Wildman–Crippen LogP) is -0.767. The van der Waals surface area contributed by atoms with Crippen LogP contribution in [0.25, 0.3) is 0 Å². The Hall–Kier alpha value is 3.06. The average Bonchev–Trinajstić information content (AvgIpc) is 0. The molecule has 0 saturated carbocycles. The van der Waals surface area contributed by atoms with Gasteiger partial charge in [-0.05, 0) is 0 Å². The van der Waals surface area contributed by atoms with Crippen molar-refractivity contribution in [3.05, 3.63) is 0 Å². The van der Waals surface area contributed by atoms with Crippen LogP contribution in [-0.4, -0.2) is 60.8 Å². The third kappa shape index (κ3) is 8.91. The fraction of sp³-hybridized carbons (Fsp3) is 0. The van der Waals surface area contributed by atoms with E-state index >= 15 is 0 Å². The molecule has 0 aliphatic carbocycles. The molecule has 0 nitrogen and oxygen atoms in total. The molecular formula is CaCuMgMn. The topological polar surface area (TPSA) is 0 Å². The van der Waals surface area contributed by atoms with Crippen molar-refractivity contribution < 1.29 is 34.1 Å². The molecule has 0 bridgehead atoms. The molecule has 6 radical (unpaired) electrons. The van der Waals surface area contributed by atoms with E-state index in [1.54, 1.807) is 0 Å². The molecule has 0 saturated heterocycles. The van der Waals surface area contributed by atoms with Gasteiger partial charge in [0.15, 0.2) is 0 Å². The van der Waals surface area contributed by atoms with Gasteiger partial charge in [0.2, 0.25) is 0 Å². The van der Waals surface area contributed by atoms with E-state index in [9.17, 15) is 0 Å². The van der Waals surface area contributed by atoms with Crippen LogP contribution in [0.5, 0.6) is 0 Å². The zero-order chi connectivity index (χ0) is 0. The second-order valence-electron chi connectivity index (χ2n) is 0. The van der Waals surface area contributed by atoms with Gasteiger partial charge in [-0.25, -0.2) is 0 Å². The van der Waals surface area contributed by atoms with Crippen LogP contribution < -0.4 is 0 Å². The maximum absolute atomic E-state index is 0. The van der Waals surface area contributed by atoms with Gasteiger partial charge in [-0.2, -0.15) is 0 Å². The van der Waals surface area contributed by atoms with E-state index in [-0.39, 0.29) is 94.9 Å². The van der Waals surface area contributed by atoms with Gasteiger partial charge in [0.25, 0.3) is 0 Å². The summed E-state index contributed by atoms with van der Waals surface area (Å²) in [5.74, 6) is 0. The van der Waals surface area contributed by atoms with Crippen molar-refractivity contribution in [2.75, 3.05) is 0 Å². The first-order valence-corrected chi connectivity index (χ1v) is 0. The van der Waals surface area contributed by atoms with Crippen molar-refractivity contribution in [2.24, 2.45) is 0 Å². The molecule has 0 aromatic heterocycles. The van der Waals surface area contributed by atoms with E-state index < -0.39 is 0 Å². The smallest absolute Gasteiger partial charge is 0 e. The van der Waals surface area contributed by atoms with Crippen LogP contribution in [-0.2, 0) is 34.1 Å². The van der Waals surface area contributed by atoms with Gasteiger partial charge >= 0.3 is 0 Å². The van der Waals surface area contributed by atoms with Crippen LogP contribution in [0.2, 0.25) is 0 Å². The Labute approximate surface area is 92.9 Å². The van der Waals surface area contributed by atoms with Crippen LogP contribution in [0.4, 0.5) is 0 Å². The second kappa shape index (κ2) is 16.6. The van der Waals surface area contributed by atoms with E-state index in [2.05, 4.69) is 0 Å². The molecule has 4 heteroatoms. The maximum atomic E-state index is 0. The summed E-state index contributed by atoms with van der Waals surface area (Å²) in [6, 6.07) is 0. The summed E-state index contributed by atoms with van der Waals surface area (Å²) in [5.41, 5.74) is 0. The Morgan fingerprint density at radius 3 is 1.00 bits per heavy atom. The van der Waals surface area contributed by atoms with Crippen molar-refractivity contribution in [1.29, 1.82) is 0 Å². The monoisotopic (exact) mass is 182 g/mol. The summed E-state index contributed by atoms with van der Waals surface area (Å²) in [5, 5.41) is 0. The molecule has 0 unspecified atom stereocenters. The van der Waals surface area contributed by atoms with Crippen molar-refractivity contribution >= 4 is 60.8 Å². The summed E-state index contributed by atoms with van der Waals surface area (Å²) < 4.78 is 0. The zero-order valence-electron chi connectivity index (χ0n) is 2.09. The van der Waals surface area contributed by atoms with Crippen molar-refractivity contribution in [2.45, 2.75) is 0 Å². The third-order valence-corrected chi connectivity index (χ3v) is 0. The van der Waals surface area contributed by atoms with Gasteiger partial charge < -0.3 is 0 Å². The molecule has 0 amide bonds. The fourth-order valence-corrected chi connectivity index (χ4v) is 0. The molecule has 0 aromatic rings. The molecule has 0 fully saturated rings. The summed E-state index contributed by atoms with van der Waals surface area (Å²) in [6.45, 7) is 0. The van der Waals surface area contributed by atoms with Crippen molar-refractivity contribution in [3.63, 3.8) is 0 Å². The van der Waals surface area contributed by atoms with Crippen molar-refractivity contribution in [3.8, 4) is 0 Å². The summed E-state index contributed by atoms with van der Waals surface area (Å²) >= 11 is 0. The molecular weight excluding hydrogens is 183 g/mol. The van der Waals surface area contributed by atoms with Gasteiger partial charge in [-0.1, -0.05) is 0 Å². The third-order valence-electron chi connectivity index (χ3n) is 0. The molecule has 0 spiro atoms. The first kappa shape index (κ1) is 27.7. The molecule has 0 N–H and O–H groups in total. The van der Waals surface area contributed by atoms with Crippen LogP contribution in [0.3, 0.4) is 0 Å². The minimum absolute atomic E-state index is 0. The Balaban J connectivity index is 0. The van der Waals surface area contributed by atoms with Gasteiger partial charge in [0.05, 0.1) is 0 Å². The first-order chi connectivity index (χ1) is 0.